The van der Waals surface area contributed by atoms with Crippen molar-refractivity contribution in [2.45, 2.75) is 26.9 Å². The number of carbonyl (C=O) groups is 1. The maximum absolute atomic E-state index is 13.2. The van der Waals surface area contributed by atoms with Crippen LogP contribution in [0.2, 0.25) is 0 Å². The Morgan fingerprint density at radius 1 is 1.06 bits per heavy atom. The van der Waals surface area contributed by atoms with Crippen LogP contribution in [-0.2, 0) is 13.1 Å². The summed E-state index contributed by atoms with van der Waals surface area (Å²) < 4.78 is 16.4. The molecule has 2 aromatic heterocycles. The predicted molar refractivity (Wildman–Crippen MR) is 118 cm³/mol. The molecule has 0 fully saturated rings. The van der Waals surface area contributed by atoms with Crippen LogP contribution in [0, 0.1) is 19.7 Å². The highest BCUT2D eigenvalue weighted by Gasteiger charge is 2.15. The first kappa shape index (κ1) is 20.5. The largest absolute Gasteiger partial charge is 0.350 e. The van der Waals surface area contributed by atoms with Crippen LogP contribution in [0.15, 0.2) is 65.6 Å². The molecule has 0 saturated heterocycles. The summed E-state index contributed by atoms with van der Waals surface area (Å²) >= 11 is 0. The van der Waals surface area contributed by atoms with Gasteiger partial charge in [-0.2, -0.15) is 0 Å². The lowest BCUT2D eigenvalue weighted by molar-refractivity contribution is 0.0951. The molecule has 0 aliphatic heterocycles. The fourth-order valence-corrected chi connectivity index (χ4v) is 3.63. The zero-order valence-electron chi connectivity index (χ0n) is 17.4. The normalized spacial score (nSPS) is 11.1. The molecule has 4 rings (SSSR count). The van der Waals surface area contributed by atoms with E-state index in [4.69, 9.17) is 0 Å². The Labute approximate surface area is 179 Å². The lowest BCUT2D eigenvalue weighted by Crippen LogP contribution is -2.32. The van der Waals surface area contributed by atoms with Gasteiger partial charge in [0.1, 0.15) is 5.82 Å². The van der Waals surface area contributed by atoms with Gasteiger partial charge < -0.3 is 5.32 Å². The van der Waals surface area contributed by atoms with Gasteiger partial charge in [-0.15, -0.1) is 0 Å². The van der Waals surface area contributed by atoms with Gasteiger partial charge in [-0.05, 0) is 55.3 Å². The first-order valence-corrected chi connectivity index (χ1v) is 10.1. The average molecular weight is 418 g/mol. The van der Waals surface area contributed by atoms with Crippen molar-refractivity contribution in [2.24, 2.45) is 0 Å². The van der Waals surface area contributed by atoms with Crippen LogP contribution in [0.1, 0.15) is 27.0 Å². The van der Waals surface area contributed by atoms with Crippen molar-refractivity contribution in [1.29, 1.82) is 0 Å². The van der Waals surface area contributed by atoms with Crippen molar-refractivity contribution in [3.8, 4) is 0 Å². The van der Waals surface area contributed by atoms with Crippen LogP contribution in [0.4, 0.5) is 4.39 Å². The SMILES string of the molecule is Cc1ccc(C)c(C(=O)NCCn2c(=O)n(Cc3ccc(F)cc3)c3cccnc32)c1. The van der Waals surface area contributed by atoms with Crippen LogP contribution in [0.5, 0.6) is 0 Å². The van der Waals surface area contributed by atoms with Gasteiger partial charge in [-0.25, -0.2) is 14.2 Å². The predicted octanol–water partition coefficient (Wildman–Crippen LogP) is 3.43. The third-order valence-electron chi connectivity index (χ3n) is 5.29. The number of halogens is 1. The zero-order valence-corrected chi connectivity index (χ0v) is 17.4. The number of amides is 1. The third-order valence-corrected chi connectivity index (χ3v) is 5.29. The minimum atomic E-state index is -0.320. The van der Waals surface area contributed by atoms with E-state index >= 15 is 0 Å². The highest BCUT2D eigenvalue weighted by atomic mass is 19.1. The number of benzene rings is 2. The number of aryl methyl sites for hydroxylation is 2. The number of imidazole rings is 1. The second-order valence-electron chi connectivity index (χ2n) is 7.57. The van der Waals surface area contributed by atoms with Gasteiger partial charge in [0, 0.05) is 24.8 Å². The van der Waals surface area contributed by atoms with Gasteiger partial charge >= 0.3 is 5.69 Å². The van der Waals surface area contributed by atoms with E-state index in [0.29, 0.717) is 36.4 Å². The summed E-state index contributed by atoms with van der Waals surface area (Å²) in [6.45, 7) is 4.73. The zero-order chi connectivity index (χ0) is 22.0. The molecule has 0 unspecified atom stereocenters. The summed E-state index contributed by atoms with van der Waals surface area (Å²) in [5.41, 5.74) is 4.38. The van der Waals surface area contributed by atoms with Crippen molar-refractivity contribution in [3.05, 3.63) is 99.3 Å². The second kappa shape index (κ2) is 8.55. The van der Waals surface area contributed by atoms with E-state index < -0.39 is 0 Å². The Bertz CT molecular complexity index is 1310. The van der Waals surface area contributed by atoms with E-state index in [2.05, 4.69) is 10.3 Å². The van der Waals surface area contributed by atoms with Crippen molar-refractivity contribution in [3.63, 3.8) is 0 Å². The third kappa shape index (κ3) is 4.26. The monoisotopic (exact) mass is 418 g/mol. The van der Waals surface area contributed by atoms with Crippen LogP contribution in [-0.4, -0.2) is 26.6 Å². The molecule has 2 heterocycles. The van der Waals surface area contributed by atoms with E-state index in [0.717, 1.165) is 16.7 Å². The number of pyridine rings is 1. The Balaban J connectivity index is 1.56. The fourth-order valence-electron chi connectivity index (χ4n) is 3.63. The lowest BCUT2D eigenvalue weighted by Gasteiger charge is -2.09. The second-order valence-corrected chi connectivity index (χ2v) is 7.57. The first-order valence-electron chi connectivity index (χ1n) is 10.1. The summed E-state index contributed by atoms with van der Waals surface area (Å²) in [4.78, 5) is 30.1. The number of hydrogen-bond donors (Lipinski definition) is 1. The standard InChI is InChI=1S/C24H23FN4O2/c1-16-5-6-17(2)20(14-16)23(30)27-12-13-28-22-21(4-3-11-26-22)29(24(28)31)15-18-7-9-19(25)10-8-18/h3-11,14H,12-13,15H2,1-2H3,(H,27,30). The van der Waals surface area contributed by atoms with Crippen molar-refractivity contribution < 1.29 is 9.18 Å². The summed E-state index contributed by atoms with van der Waals surface area (Å²) in [5.74, 6) is -0.489. The number of rotatable bonds is 6. The summed E-state index contributed by atoms with van der Waals surface area (Å²) in [6, 6.07) is 15.4. The highest BCUT2D eigenvalue weighted by molar-refractivity contribution is 5.95. The molecule has 0 aliphatic carbocycles. The van der Waals surface area contributed by atoms with E-state index in [-0.39, 0.29) is 17.4 Å². The highest BCUT2D eigenvalue weighted by Crippen LogP contribution is 2.13. The number of aromatic nitrogens is 3. The molecule has 2 aromatic carbocycles. The minimum Gasteiger partial charge on any atom is -0.350 e. The molecule has 0 bridgehead atoms. The molecule has 0 radical (unpaired) electrons. The number of carbonyl (C=O) groups excluding carboxylic acids is 1. The van der Waals surface area contributed by atoms with Gasteiger partial charge in [0.2, 0.25) is 0 Å². The van der Waals surface area contributed by atoms with Crippen LogP contribution in [0.25, 0.3) is 11.2 Å². The van der Waals surface area contributed by atoms with Crippen molar-refractivity contribution >= 4 is 17.1 Å². The van der Waals surface area contributed by atoms with Gasteiger partial charge in [-0.1, -0.05) is 29.8 Å². The van der Waals surface area contributed by atoms with E-state index in [1.165, 1.54) is 12.1 Å². The van der Waals surface area contributed by atoms with E-state index in [9.17, 15) is 14.0 Å². The molecular formula is C24H23FN4O2. The number of hydrogen-bond acceptors (Lipinski definition) is 3. The molecular weight excluding hydrogens is 395 g/mol. The van der Waals surface area contributed by atoms with Crippen LogP contribution in [0.3, 0.4) is 0 Å². The Kier molecular flexibility index (Phi) is 5.66. The lowest BCUT2D eigenvalue weighted by atomic mass is 10.1. The van der Waals surface area contributed by atoms with Crippen LogP contribution >= 0.6 is 0 Å². The minimum absolute atomic E-state index is 0.169. The van der Waals surface area contributed by atoms with Gasteiger partial charge in [-0.3, -0.25) is 13.9 Å². The fraction of sp³-hybridized carbons (Fsp3) is 0.208. The molecule has 1 N–H and O–H groups in total. The Morgan fingerprint density at radius 3 is 2.61 bits per heavy atom. The molecule has 158 valence electrons. The molecule has 0 spiro atoms. The van der Waals surface area contributed by atoms with Gasteiger partial charge in [0.15, 0.2) is 5.65 Å². The van der Waals surface area contributed by atoms with E-state index in [1.54, 1.807) is 33.5 Å². The number of nitrogens with one attached hydrogen (secondary N) is 1. The smallest absolute Gasteiger partial charge is 0.330 e. The molecule has 0 saturated carbocycles. The Hall–Kier alpha value is -3.74. The topological polar surface area (TPSA) is 68.9 Å². The van der Waals surface area contributed by atoms with E-state index in [1.807, 2.05) is 38.1 Å². The number of fused-ring (bicyclic) bond motifs is 1. The molecule has 1 amide bonds. The molecule has 0 aliphatic rings. The average Bonchev–Trinajstić information content (AvgIpc) is 3.03. The molecule has 4 aromatic rings. The van der Waals surface area contributed by atoms with Crippen molar-refractivity contribution in [2.75, 3.05) is 6.54 Å². The summed E-state index contributed by atoms with van der Waals surface area (Å²) in [5, 5.41) is 2.90. The number of nitrogens with zero attached hydrogens (tertiary/aromatic N) is 3. The quantitative estimate of drug-likeness (QED) is 0.522. The summed E-state index contributed by atoms with van der Waals surface area (Å²) in [6.07, 6.45) is 1.63. The van der Waals surface area contributed by atoms with Crippen molar-refractivity contribution in [1.82, 2.24) is 19.4 Å². The van der Waals surface area contributed by atoms with Gasteiger partial charge in [0.05, 0.1) is 12.1 Å². The maximum atomic E-state index is 13.2. The maximum Gasteiger partial charge on any atom is 0.330 e. The molecule has 7 heteroatoms. The molecule has 0 atom stereocenters. The van der Waals surface area contributed by atoms with Gasteiger partial charge in [0.25, 0.3) is 5.91 Å². The molecule has 31 heavy (non-hydrogen) atoms. The Morgan fingerprint density at radius 2 is 1.84 bits per heavy atom. The molecule has 6 nitrogen and oxygen atoms in total. The summed E-state index contributed by atoms with van der Waals surface area (Å²) in [7, 11) is 0. The first-order chi connectivity index (χ1) is 14.9. The van der Waals surface area contributed by atoms with Crippen LogP contribution < -0.4 is 11.0 Å².